The summed E-state index contributed by atoms with van der Waals surface area (Å²) in [5.74, 6) is 12.8. The highest BCUT2D eigenvalue weighted by Gasteiger charge is 2.19. The molecule has 146 valence electrons. The molecule has 1 aliphatic heterocycles. The summed E-state index contributed by atoms with van der Waals surface area (Å²) in [6.45, 7) is 2.11. The van der Waals surface area contributed by atoms with E-state index < -0.39 is 0 Å². The standard InChI is InChI=1S/C20H24N6O2/c1-26-9-7-15(8-10-26)27-16-4-2-3-13(11-16)19-17-12-14(20(23-21)24-22)5-6-18(17)25-28-19/h2-6,11-12,15H,7-10,21-22H2,1H3,(H,23,24). The third-order valence-corrected chi connectivity index (χ3v) is 5.08. The van der Waals surface area contributed by atoms with Crippen molar-refractivity contribution in [1.82, 2.24) is 15.5 Å². The summed E-state index contributed by atoms with van der Waals surface area (Å²) in [7, 11) is 2.14. The van der Waals surface area contributed by atoms with Gasteiger partial charge in [-0.2, -0.15) is 5.10 Å². The Morgan fingerprint density at radius 2 is 2.07 bits per heavy atom. The maximum Gasteiger partial charge on any atom is 0.174 e. The molecule has 0 unspecified atom stereocenters. The van der Waals surface area contributed by atoms with Gasteiger partial charge in [0.25, 0.3) is 0 Å². The van der Waals surface area contributed by atoms with Gasteiger partial charge in [-0.1, -0.05) is 17.3 Å². The number of fused-ring (bicyclic) bond motifs is 1. The van der Waals surface area contributed by atoms with E-state index in [2.05, 4.69) is 27.6 Å². The van der Waals surface area contributed by atoms with Crippen molar-refractivity contribution in [2.75, 3.05) is 20.1 Å². The number of hydrogen-bond acceptors (Lipinski definition) is 7. The van der Waals surface area contributed by atoms with Crippen LogP contribution in [-0.2, 0) is 0 Å². The second-order valence-electron chi connectivity index (χ2n) is 7.01. The molecule has 0 bridgehead atoms. The number of amidine groups is 1. The van der Waals surface area contributed by atoms with E-state index in [-0.39, 0.29) is 6.10 Å². The number of nitrogens with zero attached hydrogens (tertiary/aromatic N) is 3. The van der Waals surface area contributed by atoms with Crippen molar-refractivity contribution in [3.05, 3.63) is 48.0 Å². The smallest absolute Gasteiger partial charge is 0.174 e. The molecule has 3 aromatic rings. The largest absolute Gasteiger partial charge is 0.490 e. The summed E-state index contributed by atoms with van der Waals surface area (Å²) in [6, 6.07) is 13.5. The number of piperidine rings is 1. The molecule has 1 aliphatic rings. The van der Waals surface area contributed by atoms with Gasteiger partial charge < -0.3 is 25.4 Å². The lowest BCUT2D eigenvalue weighted by Gasteiger charge is -2.29. The van der Waals surface area contributed by atoms with Gasteiger partial charge in [0.1, 0.15) is 17.4 Å². The fourth-order valence-electron chi connectivity index (χ4n) is 3.50. The van der Waals surface area contributed by atoms with Crippen LogP contribution in [0.15, 0.2) is 52.1 Å². The molecule has 1 aromatic heterocycles. The molecule has 1 saturated heterocycles. The van der Waals surface area contributed by atoms with Crippen molar-refractivity contribution in [2.45, 2.75) is 18.9 Å². The van der Waals surface area contributed by atoms with Crippen molar-refractivity contribution in [1.29, 1.82) is 0 Å². The van der Waals surface area contributed by atoms with Crippen LogP contribution in [0.25, 0.3) is 22.2 Å². The third-order valence-electron chi connectivity index (χ3n) is 5.08. The number of nitrogens with one attached hydrogen (secondary N) is 1. The van der Waals surface area contributed by atoms with Gasteiger partial charge in [0.05, 0.1) is 5.39 Å². The fourth-order valence-corrected chi connectivity index (χ4v) is 3.50. The Morgan fingerprint density at radius 3 is 2.82 bits per heavy atom. The highest BCUT2D eigenvalue weighted by molar-refractivity contribution is 6.03. The summed E-state index contributed by atoms with van der Waals surface area (Å²) in [5.41, 5.74) is 4.89. The second kappa shape index (κ2) is 7.87. The summed E-state index contributed by atoms with van der Waals surface area (Å²) in [5, 5.41) is 8.67. The van der Waals surface area contributed by atoms with Crippen LogP contribution in [-0.4, -0.2) is 42.1 Å². The van der Waals surface area contributed by atoms with Gasteiger partial charge in [-0.3, -0.25) is 0 Å². The number of benzene rings is 2. The number of hydrazine groups is 1. The molecule has 0 atom stereocenters. The highest BCUT2D eigenvalue weighted by atomic mass is 16.5. The van der Waals surface area contributed by atoms with Crippen molar-refractivity contribution in [2.24, 2.45) is 16.8 Å². The first-order chi connectivity index (χ1) is 13.7. The number of hydrazone groups is 1. The lowest BCUT2D eigenvalue weighted by Crippen LogP contribution is -2.35. The van der Waals surface area contributed by atoms with Gasteiger partial charge in [0, 0.05) is 24.2 Å². The van der Waals surface area contributed by atoms with E-state index >= 15 is 0 Å². The molecule has 0 aliphatic carbocycles. The molecule has 8 heteroatoms. The summed E-state index contributed by atoms with van der Waals surface area (Å²) in [4.78, 5) is 2.32. The summed E-state index contributed by atoms with van der Waals surface area (Å²) < 4.78 is 11.8. The topological polar surface area (TPSA) is 115 Å². The predicted molar refractivity (Wildman–Crippen MR) is 109 cm³/mol. The minimum atomic E-state index is 0.239. The zero-order valence-corrected chi connectivity index (χ0v) is 15.8. The van der Waals surface area contributed by atoms with Gasteiger partial charge in [-0.05, 0) is 50.2 Å². The van der Waals surface area contributed by atoms with E-state index in [1.165, 1.54) is 0 Å². The molecule has 1 fully saturated rings. The first kappa shape index (κ1) is 18.3. The fraction of sp³-hybridized carbons (Fsp3) is 0.300. The minimum Gasteiger partial charge on any atom is -0.490 e. The lowest BCUT2D eigenvalue weighted by atomic mass is 10.1. The number of rotatable bonds is 4. The Labute approximate surface area is 163 Å². The maximum absolute atomic E-state index is 6.20. The Bertz CT molecular complexity index is 991. The van der Waals surface area contributed by atoms with Crippen LogP contribution in [0.4, 0.5) is 0 Å². The Morgan fingerprint density at radius 1 is 1.25 bits per heavy atom. The minimum absolute atomic E-state index is 0.239. The van der Waals surface area contributed by atoms with E-state index in [1.807, 2.05) is 42.5 Å². The SMILES string of the molecule is CN1CCC(Oc2cccc(-c3onc4ccc(/C(=N/N)NN)cc34)c2)CC1. The highest BCUT2D eigenvalue weighted by Crippen LogP contribution is 2.32. The molecule has 8 nitrogen and oxygen atoms in total. The third kappa shape index (κ3) is 3.64. The molecule has 28 heavy (non-hydrogen) atoms. The van der Waals surface area contributed by atoms with Gasteiger partial charge in [-0.25, -0.2) is 5.84 Å². The first-order valence-corrected chi connectivity index (χ1v) is 9.28. The van der Waals surface area contributed by atoms with Crippen molar-refractivity contribution >= 4 is 16.7 Å². The van der Waals surface area contributed by atoms with E-state index in [0.717, 1.165) is 53.7 Å². The van der Waals surface area contributed by atoms with Gasteiger partial charge in [0.2, 0.25) is 0 Å². The van der Waals surface area contributed by atoms with Crippen LogP contribution in [0, 0.1) is 0 Å². The number of likely N-dealkylation sites (tertiary alicyclic amines) is 1. The first-order valence-electron chi connectivity index (χ1n) is 9.28. The molecule has 5 N–H and O–H groups in total. The molecule has 0 radical (unpaired) electrons. The number of hydrogen-bond donors (Lipinski definition) is 3. The normalized spacial score (nSPS) is 16.4. The molecule has 2 heterocycles. The molecule has 2 aromatic carbocycles. The Kier molecular flexibility index (Phi) is 5.14. The summed E-state index contributed by atoms with van der Waals surface area (Å²) in [6.07, 6.45) is 2.30. The van der Waals surface area contributed by atoms with Gasteiger partial charge >= 0.3 is 0 Å². The predicted octanol–water partition coefficient (Wildman–Crippen LogP) is 2.05. The quantitative estimate of drug-likeness (QED) is 0.275. The molecule has 0 spiro atoms. The van der Waals surface area contributed by atoms with Gasteiger partial charge in [0.15, 0.2) is 11.6 Å². The van der Waals surface area contributed by atoms with Crippen LogP contribution in [0.3, 0.4) is 0 Å². The molecule has 0 saturated carbocycles. The molecule has 4 rings (SSSR count). The van der Waals surface area contributed by atoms with Crippen molar-refractivity contribution < 1.29 is 9.26 Å². The second-order valence-corrected chi connectivity index (χ2v) is 7.01. The Hall–Kier alpha value is -3.10. The molecule has 0 amide bonds. The van der Waals surface area contributed by atoms with Gasteiger partial charge in [-0.15, -0.1) is 0 Å². The van der Waals surface area contributed by atoms with Crippen LogP contribution in [0.5, 0.6) is 5.75 Å². The zero-order chi connectivity index (χ0) is 19.5. The van der Waals surface area contributed by atoms with Crippen LogP contribution >= 0.6 is 0 Å². The number of nitrogens with two attached hydrogens (primary N) is 2. The maximum atomic E-state index is 6.20. The van der Waals surface area contributed by atoms with Crippen LogP contribution in [0.1, 0.15) is 18.4 Å². The van der Waals surface area contributed by atoms with Crippen LogP contribution < -0.4 is 21.8 Å². The lowest BCUT2D eigenvalue weighted by molar-refractivity contribution is 0.114. The Balaban J connectivity index is 1.63. The number of aromatic nitrogens is 1. The van der Waals surface area contributed by atoms with Crippen LogP contribution in [0.2, 0.25) is 0 Å². The monoisotopic (exact) mass is 380 g/mol. The average molecular weight is 380 g/mol. The van der Waals surface area contributed by atoms with E-state index in [1.54, 1.807) is 0 Å². The average Bonchev–Trinajstić information content (AvgIpc) is 3.14. The van der Waals surface area contributed by atoms with E-state index in [9.17, 15) is 0 Å². The molecular formula is C20H24N6O2. The zero-order valence-electron chi connectivity index (χ0n) is 15.8. The van der Waals surface area contributed by atoms with Crippen molar-refractivity contribution in [3.63, 3.8) is 0 Å². The van der Waals surface area contributed by atoms with Crippen molar-refractivity contribution in [3.8, 4) is 17.1 Å². The van der Waals surface area contributed by atoms with E-state index in [0.29, 0.717) is 11.6 Å². The molecular weight excluding hydrogens is 356 g/mol. The number of ether oxygens (including phenoxy) is 1. The van der Waals surface area contributed by atoms with E-state index in [4.69, 9.17) is 20.9 Å². The summed E-state index contributed by atoms with van der Waals surface area (Å²) >= 11 is 0.